The first-order chi connectivity index (χ1) is 14.6. The molecule has 0 unspecified atom stereocenters. The molecular formula is C23H19ClN2O3S. The normalized spacial score (nSPS) is 13.9. The highest BCUT2D eigenvalue weighted by Crippen LogP contribution is 2.34. The van der Waals surface area contributed by atoms with Gasteiger partial charge in [-0.25, -0.2) is 0 Å². The van der Waals surface area contributed by atoms with Gasteiger partial charge in [-0.2, -0.15) is 0 Å². The number of thiophene rings is 1. The molecule has 2 aromatic carbocycles. The molecule has 0 saturated heterocycles. The van der Waals surface area contributed by atoms with Gasteiger partial charge in [0.25, 0.3) is 11.8 Å². The summed E-state index contributed by atoms with van der Waals surface area (Å²) in [5, 5.41) is 5.68. The van der Waals surface area contributed by atoms with Gasteiger partial charge in [-0.1, -0.05) is 41.9 Å². The van der Waals surface area contributed by atoms with E-state index < -0.39 is 0 Å². The van der Waals surface area contributed by atoms with Crippen molar-refractivity contribution in [1.82, 2.24) is 4.90 Å². The second-order valence-electron chi connectivity index (χ2n) is 6.69. The van der Waals surface area contributed by atoms with Crippen molar-refractivity contribution in [2.24, 2.45) is 0 Å². The Kier molecular flexibility index (Phi) is 5.88. The monoisotopic (exact) mass is 438 g/mol. The molecule has 1 aliphatic heterocycles. The topological polar surface area (TPSA) is 58.6 Å². The molecule has 0 radical (unpaired) electrons. The number of rotatable bonds is 7. The molecule has 5 nitrogen and oxygen atoms in total. The number of carbonyl (C=O) groups excluding carboxylic acids is 2. The lowest BCUT2D eigenvalue weighted by atomic mass is 10.1. The first-order valence-corrected chi connectivity index (χ1v) is 10.6. The fourth-order valence-corrected chi connectivity index (χ4v) is 4.21. The number of nitrogens with zero attached hydrogens (tertiary/aromatic N) is 1. The van der Waals surface area contributed by atoms with Gasteiger partial charge in [0.2, 0.25) is 0 Å². The van der Waals surface area contributed by atoms with Crippen LogP contribution in [0.1, 0.15) is 10.4 Å². The molecule has 1 N–H and O–H groups in total. The van der Waals surface area contributed by atoms with Crippen LogP contribution in [-0.2, 0) is 16.0 Å². The Bertz CT molecular complexity index is 1110. The summed E-state index contributed by atoms with van der Waals surface area (Å²) in [6.45, 7) is 0.283. The van der Waals surface area contributed by atoms with Crippen molar-refractivity contribution < 1.29 is 14.3 Å². The van der Waals surface area contributed by atoms with E-state index in [9.17, 15) is 9.59 Å². The van der Waals surface area contributed by atoms with E-state index in [0.717, 1.165) is 10.4 Å². The third kappa shape index (κ3) is 3.97. The predicted octanol–water partition coefficient (Wildman–Crippen LogP) is 4.84. The largest absolute Gasteiger partial charge is 0.495 e. The molecule has 1 aliphatic rings. The molecule has 30 heavy (non-hydrogen) atoms. The zero-order valence-corrected chi connectivity index (χ0v) is 17.8. The van der Waals surface area contributed by atoms with Gasteiger partial charge < -0.3 is 10.1 Å². The first-order valence-electron chi connectivity index (χ1n) is 9.37. The van der Waals surface area contributed by atoms with E-state index >= 15 is 0 Å². The van der Waals surface area contributed by atoms with Crippen molar-refractivity contribution in [1.29, 1.82) is 0 Å². The van der Waals surface area contributed by atoms with E-state index in [2.05, 4.69) is 5.32 Å². The molecule has 1 aromatic heterocycles. The van der Waals surface area contributed by atoms with E-state index in [0.29, 0.717) is 28.5 Å². The fraction of sp³-hybridized carbons (Fsp3) is 0.130. The Labute approximate surface area is 183 Å². The molecule has 3 aromatic rings. The van der Waals surface area contributed by atoms with Gasteiger partial charge in [-0.15, -0.1) is 11.3 Å². The smallest absolute Gasteiger partial charge is 0.278 e. The van der Waals surface area contributed by atoms with Gasteiger partial charge in [-0.3, -0.25) is 14.5 Å². The van der Waals surface area contributed by atoms with E-state index in [-0.39, 0.29) is 24.1 Å². The van der Waals surface area contributed by atoms with Crippen LogP contribution >= 0.6 is 22.9 Å². The Hall–Kier alpha value is -3.09. The SMILES string of the molecule is COc1ccccc1NC1=C(c2cccs2)C(=O)N(CCc2ccc(Cl)cc2)C1=O. The number of imide groups is 1. The average molecular weight is 439 g/mol. The number of halogens is 1. The van der Waals surface area contributed by atoms with Crippen LogP contribution in [0.2, 0.25) is 5.02 Å². The van der Waals surface area contributed by atoms with Crippen LogP contribution in [0.4, 0.5) is 5.69 Å². The Morgan fingerprint density at radius 2 is 1.77 bits per heavy atom. The Morgan fingerprint density at radius 1 is 1.00 bits per heavy atom. The predicted molar refractivity (Wildman–Crippen MR) is 120 cm³/mol. The highest BCUT2D eigenvalue weighted by molar-refractivity contribution is 7.11. The first kappa shape index (κ1) is 20.2. The molecule has 7 heteroatoms. The molecule has 0 spiro atoms. The molecule has 4 rings (SSSR count). The lowest BCUT2D eigenvalue weighted by molar-refractivity contribution is -0.136. The highest BCUT2D eigenvalue weighted by Gasteiger charge is 2.39. The lowest BCUT2D eigenvalue weighted by Crippen LogP contribution is -2.34. The summed E-state index contributed by atoms with van der Waals surface area (Å²) in [4.78, 5) is 28.5. The third-order valence-corrected chi connectivity index (χ3v) is 5.98. The summed E-state index contributed by atoms with van der Waals surface area (Å²) in [5.74, 6) is -0.0486. The highest BCUT2D eigenvalue weighted by atomic mass is 35.5. The number of anilines is 1. The number of hydrogen-bond donors (Lipinski definition) is 1. The maximum absolute atomic E-state index is 13.2. The van der Waals surface area contributed by atoms with E-state index in [4.69, 9.17) is 16.3 Å². The van der Waals surface area contributed by atoms with E-state index in [1.165, 1.54) is 16.2 Å². The van der Waals surface area contributed by atoms with Crippen LogP contribution in [0.15, 0.2) is 71.7 Å². The van der Waals surface area contributed by atoms with Crippen LogP contribution in [0.25, 0.3) is 5.57 Å². The van der Waals surface area contributed by atoms with Crippen LogP contribution in [-0.4, -0.2) is 30.4 Å². The molecule has 0 aliphatic carbocycles. The molecule has 152 valence electrons. The maximum Gasteiger partial charge on any atom is 0.278 e. The molecule has 0 bridgehead atoms. The molecule has 2 amide bonds. The van der Waals surface area contributed by atoms with Gasteiger partial charge in [0.15, 0.2) is 0 Å². The van der Waals surface area contributed by atoms with Crippen molar-refractivity contribution in [3.63, 3.8) is 0 Å². The van der Waals surface area contributed by atoms with Gasteiger partial charge in [0, 0.05) is 16.4 Å². The Balaban J connectivity index is 1.63. The van der Waals surface area contributed by atoms with Gasteiger partial charge >= 0.3 is 0 Å². The average Bonchev–Trinajstić information content (AvgIpc) is 3.36. The zero-order chi connectivity index (χ0) is 21.1. The molecule has 0 fully saturated rings. The summed E-state index contributed by atoms with van der Waals surface area (Å²) in [7, 11) is 1.56. The minimum absolute atomic E-state index is 0.267. The van der Waals surface area contributed by atoms with Crippen molar-refractivity contribution in [3.05, 3.63) is 87.2 Å². The number of ether oxygens (including phenoxy) is 1. The maximum atomic E-state index is 13.2. The van der Waals surface area contributed by atoms with Gasteiger partial charge in [0.1, 0.15) is 11.4 Å². The summed E-state index contributed by atoms with van der Waals surface area (Å²) in [5.41, 5.74) is 2.29. The van der Waals surface area contributed by atoms with Crippen molar-refractivity contribution in [2.45, 2.75) is 6.42 Å². The van der Waals surface area contributed by atoms with Crippen LogP contribution in [0.5, 0.6) is 5.75 Å². The second kappa shape index (κ2) is 8.73. The summed E-state index contributed by atoms with van der Waals surface area (Å²) in [6.07, 6.45) is 0.550. The minimum atomic E-state index is -0.344. The number of carbonyl (C=O) groups is 2. The number of amides is 2. The third-order valence-electron chi connectivity index (χ3n) is 4.84. The van der Waals surface area contributed by atoms with Gasteiger partial charge in [0.05, 0.1) is 18.4 Å². The van der Waals surface area contributed by atoms with Crippen LogP contribution < -0.4 is 10.1 Å². The van der Waals surface area contributed by atoms with Crippen molar-refractivity contribution in [2.75, 3.05) is 19.0 Å². The number of nitrogens with one attached hydrogen (secondary N) is 1. The molecule has 0 atom stereocenters. The summed E-state index contributed by atoms with van der Waals surface area (Å²) < 4.78 is 5.38. The second-order valence-corrected chi connectivity index (χ2v) is 8.08. The van der Waals surface area contributed by atoms with Crippen LogP contribution in [0.3, 0.4) is 0 Å². The van der Waals surface area contributed by atoms with Crippen molar-refractivity contribution in [3.8, 4) is 5.75 Å². The Morgan fingerprint density at radius 3 is 2.47 bits per heavy atom. The fourth-order valence-electron chi connectivity index (χ4n) is 3.32. The van der Waals surface area contributed by atoms with E-state index in [1.54, 1.807) is 25.3 Å². The van der Waals surface area contributed by atoms with E-state index in [1.807, 2.05) is 47.8 Å². The minimum Gasteiger partial charge on any atom is -0.495 e. The van der Waals surface area contributed by atoms with Crippen molar-refractivity contribution >= 4 is 46.0 Å². The quantitative estimate of drug-likeness (QED) is 0.536. The number of para-hydroxylation sites is 2. The molecule has 2 heterocycles. The number of hydrogen-bond acceptors (Lipinski definition) is 5. The standard InChI is InChI=1S/C23H19ClN2O3S/c1-29-18-6-3-2-5-17(18)25-21-20(19-7-4-14-30-19)22(27)26(23(21)28)13-12-15-8-10-16(24)11-9-15/h2-11,14,25H,12-13H2,1H3. The van der Waals surface area contributed by atoms with Gasteiger partial charge in [-0.05, 0) is 47.7 Å². The zero-order valence-electron chi connectivity index (χ0n) is 16.2. The summed E-state index contributed by atoms with van der Waals surface area (Å²) in [6, 6.07) is 18.4. The number of methoxy groups -OCH3 is 1. The molecular weight excluding hydrogens is 420 g/mol. The molecule has 0 saturated carbocycles. The van der Waals surface area contributed by atoms with Crippen LogP contribution in [0, 0.1) is 0 Å². The number of benzene rings is 2. The summed E-state index contributed by atoms with van der Waals surface area (Å²) >= 11 is 7.36. The lowest BCUT2D eigenvalue weighted by Gasteiger charge is -2.16.